The zero-order valence-corrected chi connectivity index (χ0v) is 29.1. The van der Waals surface area contributed by atoms with Crippen LogP contribution in [0.5, 0.6) is 0 Å². The fourth-order valence-corrected chi connectivity index (χ4v) is 7.27. The molecule has 0 saturated carbocycles. The summed E-state index contributed by atoms with van der Waals surface area (Å²) in [5, 5.41) is 8.42. The summed E-state index contributed by atoms with van der Waals surface area (Å²) in [6.07, 6.45) is 7.02. The minimum atomic E-state index is -0.942. The van der Waals surface area contributed by atoms with E-state index in [0.29, 0.717) is 19.8 Å². The van der Waals surface area contributed by atoms with Crippen LogP contribution in [0.1, 0.15) is 47.5 Å². The zero-order chi connectivity index (χ0) is 34.5. The highest BCUT2D eigenvalue weighted by Gasteiger charge is 2.36. The van der Waals surface area contributed by atoms with Gasteiger partial charge in [0, 0.05) is 24.1 Å². The fraction of sp³-hybridized carbons (Fsp3) is 0.189. The topological polar surface area (TPSA) is 113 Å². The summed E-state index contributed by atoms with van der Waals surface area (Å²) >= 11 is 7.33. The molecule has 0 atom stereocenters. The summed E-state index contributed by atoms with van der Waals surface area (Å²) in [6, 6.07) is 20.8. The van der Waals surface area contributed by atoms with E-state index in [1.54, 1.807) is 36.7 Å². The van der Waals surface area contributed by atoms with Gasteiger partial charge in [0.25, 0.3) is 17.1 Å². The zero-order valence-electron chi connectivity index (χ0n) is 26.7. The molecule has 9 nitrogen and oxygen atoms in total. The van der Waals surface area contributed by atoms with Crippen molar-refractivity contribution in [3.05, 3.63) is 123 Å². The highest BCUT2D eigenvalue weighted by molar-refractivity contribution is 8.26. The number of aryl methyl sites for hydroxylation is 3. The Balaban J connectivity index is 0.000000224. The number of carbonyl (C=O) groups is 4. The molecule has 2 fully saturated rings. The summed E-state index contributed by atoms with van der Waals surface area (Å²) < 4.78 is 2.50. The van der Waals surface area contributed by atoms with Crippen molar-refractivity contribution in [1.29, 1.82) is 0 Å². The second kappa shape index (κ2) is 16.1. The average molecular weight is 713 g/mol. The number of hydrogen-bond acceptors (Lipinski definition) is 8. The Morgan fingerprint density at radius 2 is 1.55 bits per heavy atom. The van der Waals surface area contributed by atoms with Crippen LogP contribution in [0.4, 0.5) is 10.5 Å². The number of thioether (sulfide) groups is 2. The van der Waals surface area contributed by atoms with E-state index in [9.17, 15) is 19.2 Å². The van der Waals surface area contributed by atoms with Gasteiger partial charge in [0.1, 0.15) is 4.32 Å². The molecule has 49 heavy (non-hydrogen) atoms. The maximum absolute atomic E-state index is 12.8. The second-order valence-electron chi connectivity index (χ2n) is 11.0. The number of aromatic nitrogens is 2. The number of para-hydroxylation sites is 1. The van der Waals surface area contributed by atoms with E-state index in [0.717, 1.165) is 45.5 Å². The first-order valence-electron chi connectivity index (χ1n) is 14.9. The van der Waals surface area contributed by atoms with Gasteiger partial charge >= 0.3 is 5.97 Å². The molecule has 0 unspecified atom stereocenters. The number of carboxylic acids is 1. The minimum absolute atomic E-state index is 0. The van der Waals surface area contributed by atoms with Crippen LogP contribution in [0.2, 0.25) is 0 Å². The van der Waals surface area contributed by atoms with Crippen LogP contribution in [0.3, 0.4) is 0 Å². The molecule has 0 aliphatic carbocycles. The number of pyridine rings is 1. The van der Waals surface area contributed by atoms with Gasteiger partial charge in [-0.05, 0) is 104 Å². The summed E-state index contributed by atoms with van der Waals surface area (Å²) in [4.78, 5) is 55.7. The Hall–Kier alpha value is -4.78. The van der Waals surface area contributed by atoms with Gasteiger partial charge in [-0.1, -0.05) is 67.8 Å². The van der Waals surface area contributed by atoms with Gasteiger partial charge in [0.05, 0.1) is 33.8 Å². The maximum atomic E-state index is 12.8. The van der Waals surface area contributed by atoms with Crippen LogP contribution >= 0.6 is 35.7 Å². The third-order valence-corrected chi connectivity index (χ3v) is 9.97. The van der Waals surface area contributed by atoms with Crippen molar-refractivity contribution in [2.75, 3.05) is 11.4 Å². The van der Waals surface area contributed by atoms with E-state index in [4.69, 9.17) is 17.3 Å². The lowest BCUT2D eigenvalue weighted by atomic mass is 10.1. The predicted octanol–water partition coefficient (Wildman–Crippen LogP) is 8.35. The quantitative estimate of drug-likeness (QED) is 0.149. The summed E-state index contributed by atoms with van der Waals surface area (Å²) in [5.74, 6) is -1.45. The average Bonchev–Trinajstić information content (AvgIpc) is 3.61. The standard InChI is InChI=1S/C21H17N3O2S.C15H15NO3S2.CH4/c1-14-11-16(15(2)23(14)18-9-6-10-22-13-18)12-19-20(25)24(21(26)27-19)17-7-4-3-5-8-17;1-9-3-4-11(7-10(9)2)8-12-14(19)16(15(20)21-12)6-5-13(17)18;/h3-13H,1-2H3;3-4,7-8H,5-6H2,1-2H3,(H,17,18);1H4/b19-12-;12-8-;. The third kappa shape index (κ3) is 8.45. The molecule has 1 N–H and O–H groups in total. The number of carboxylic acid groups (broad SMARTS) is 1. The molecule has 6 rings (SSSR count). The van der Waals surface area contributed by atoms with Crippen LogP contribution in [0.15, 0.2) is 88.9 Å². The lowest BCUT2D eigenvalue weighted by Gasteiger charge is -2.12. The van der Waals surface area contributed by atoms with Gasteiger partial charge in [-0.3, -0.25) is 29.1 Å². The molecular formula is C37H36N4O5S3. The number of anilines is 1. The second-order valence-corrected chi connectivity index (χ2v) is 13.7. The van der Waals surface area contributed by atoms with E-state index < -0.39 is 5.97 Å². The molecule has 0 bridgehead atoms. The number of hydrogen-bond donors (Lipinski definition) is 1. The van der Waals surface area contributed by atoms with Crippen molar-refractivity contribution >= 4 is 80.9 Å². The van der Waals surface area contributed by atoms with Gasteiger partial charge in [0.15, 0.2) is 0 Å². The number of aliphatic carboxylic acids is 1. The van der Waals surface area contributed by atoms with E-state index in [1.165, 1.54) is 27.1 Å². The van der Waals surface area contributed by atoms with Gasteiger partial charge in [-0.15, -0.1) is 0 Å². The number of carbonyl (C=O) groups excluding carboxylic acids is 3. The molecule has 3 amide bonds. The van der Waals surface area contributed by atoms with Gasteiger partial charge in [-0.25, -0.2) is 4.90 Å². The molecule has 0 spiro atoms. The number of rotatable bonds is 7. The van der Waals surface area contributed by atoms with Gasteiger partial charge < -0.3 is 9.67 Å². The third-order valence-electron chi connectivity index (χ3n) is 7.72. The predicted molar refractivity (Wildman–Crippen MR) is 203 cm³/mol. The molecule has 0 radical (unpaired) electrons. The smallest absolute Gasteiger partial charge is 0.305 e. The van der Waals surface area contributed by atoms with Crippen LogP contribution in [0, 0.1) is 27.7 Å². The molecule has 2 aliphatic rings. The SMILES string of the molecule is C.Cc1cc(/C=C2\SC(=O)N(c3ccccc3)C2=O)c(C)n1-c1cccnc1.Cc1ccc(/C=C2\SC(=S)N(CCC(=O)O)C2=O)cc1C. The highest BCUT2D eigenvalue weighted by atomic mass is 32.2. The number of imide groups is 1. The molecule has 2 saturated heterocycles. The monoisotopic (exact) mass is 712 g/mol. The summed E-state index contributed by atoms with van der Waals surface area (Å²) in [7, 11) is 0. The van der Waals surface area contributed by atoms with Crippen LogP contribution in [0.25, 0.3) is 17.8 Å². The number of nitrogens with zero attached hydrogens (tertiary/aromatic N) is 4. The van der Waals surface area contributed by atoms with Crippen LogP contribution in [-0.4, -0.2) is 53.4 Å². The lowest BCUT2D eigenvalue weighted by molar-refractivity contribution is -0.137. The minimum Gasteiger partial charge on any atom is -0.481 e. The van der Waals surface area contributed by atoms with E-state index >= 15 is 0 Å². The first-order chi connectivity index (χ1) is 22.9. The Bertz CT molecular complexity index is 1990. The molecule has 252 valence electrons. The summed E-state index contributed by atoms with van der Waals surface area (Å²) in [6.45, 7) is 8.17. The highest BCUT2D eigenvalue weighted by Crippen LogP contribution is 2.37. The molecule has 2 aliphatic heterocycles. The Kier molecular flexibility index (Phi) is 12.2. The number of amides is 3. The largest absolute Gasteiger partial charge is 0.481 e. The van der Waals surface area contributed by atoms with Crippen LogP contribution < -0.4 is 4.90 Å². The Morgan fingerprint density at radius 1 is 0.857 bits per heavy atom. The molecule has 4 aromatic rings. The molecule has 12 heteroatoms. The van der Waals surface area contributed by atoms with Crippen molar-refractivity contribution in [1.82, 2.24) is 14.5 Å². The van der Waals surface area contributed by atoms with Gasteiger partial charge in [0.2, 0.25) is 0 Å². The van der Waals surface area contributed by atoms with Crippen molar-refractivity contribution in [2.24, 2.45) is 0 Å². The molecule has 2 aromatic carbocycles. The van der Waals surface area contributed by atoms with E-state index in [-0.39, 0.29) is 37.4 Å². The first-order valence-corrected chi connectivity index (χ1v) is 17.0. The van der Waals surface area contributed by atoms with Crippen molar-refractivity contribution < 1.29 is 24.3 Å². The van der Waals surface area contributed by atoms with Crippen molar-refractivity contribution in [3.63, 3.8) is 0 Å². The van der Waals surface area contributed by atoms with Crippen molar-refractivity contribution in [3.8, 4) is 5.69 Å². The van der Waals surface area contributed by atoms with Crippen molar-refractivity contribution in [2.45, 2.75) is 41.5 Å². The molecule has 4 heterocycles. The van der Waals surface area contributed by atoms with E-state index in [2.05, 4.69) is 9.55 Å². The van der Waals surface area contributed by atoms with Crippen LogP contribution in [-0.2, 0) is 14.4 Å². The lowest BCUT2D eigenvalue weighted by Crippen LogP contribution is -2.30. The van der Waals surface area contributed by atoms with E-state index in [1.807, 2.05) is 82.3 Å². The summed E-state index contributed by atoms with van der Waals surface area (Å²) in [5.41, 5.74) is 7.79. The normalized spacial score (nSPS) is 15.9. The fourth-order valence-electron chi connectivity index (χ4n) is 5.13. The van der Waals surface area contributed by atoms with Gasteiger partial charge in [-0.2, -0.15) is 0 Å². The number of benzene rings is 2. The Morgan fingerprint density at radius 3 is 2.20 bits per heavy atom. The number of thiocarbonyl (C=S) groups is 1. The molecule has 2 aromatic heterocycles. The molecular weight excluding hydrogens is 677 g/mol. The maximum Gasteiger partial charge on any atom is 0.305 e. The Labute approximate surface area is 299 Å². The first kappa shape index (κ1) is 37.0.